The largest absolute Gasteiger partial charge is 0.271 e. The van der Waals surface area contributed by atoms with Crippen LogP contribution >= 0.6 is 23.2 Å². The smallest absolute Gasteiger partial charge is 0.264 e. The molecular weight excluding hydrogens is 457 g/mol. The lowest BCUT2D eigenvalue weighted by Gasteiger charge is -2.23. The number of anilines is 1. The van der Waals surface area contributed by atoms with Gasteiger partial charge in [0.05, 0.1) is 16.8 Å². The molecule has 0 aromatic heterocycles. The Kier molecular flexibility index (Phi) is 7.33. The van der Waals surface area contributed by atoms with Crippen LogP contribution < -0.4 is 9.73 Å². The van der Waals surface area contributed by atoms with Crippen molar-refractivity contribution in [2.45, 2.75) is 11.8 Å². The van der Waals surface area contributed by atoms with Crippen molar-refractivity contribution in [3.63, 3.8) is 0 Å². The van der Waals surface area contributed by atoms with Crippen LogP contribution in [0.25, 0.3) is 0 Å². The summed E-state index contributed by atoms with van der Waals surface area (Å²) in [6.45, 7) is 1.38. The van der Waals surface area contributed by atoms with Crippen molar-refractivity contribution in [2.75, 3.05) is 10.8 Å². The molecule has 0 aliphatic rings. The number of carbonyl (C=O) groups is 1. The number of benzene rings is 3. The summed E-state index contributed by atoms with van der Waals surface area (Å²) < 4.78 is 27.5. The molecule has 6 nitrogen and oxygen atoms in total. The average Bonchev–Trinajstić information content (AvgIpc) is 2.74. The number of aryl methyl sites for hydroxylation is 1. The van der Waals surface area contributed by atoms with Gasteiger partial charge in [0.2, 0.25) is 0 Å². The summed E-state index contributed by atoms with van der Waals surface area (Å²) in [5.74, 6) is -0.617. The zero-order valence-corrected chi connectivity index (χ0v) is 18.8. The molecule has 3 aromatic carbocycles. The molecule has 0 heterocycles. The highest BCUT2D eigenvalue weighted by atomic mass is 35.5. The fourth-order valence-electron chi connectivity index (χ4n) is 2.68. The number of hydrogen-bond acceptors (Lipinski definition) is 4. The molecule has 0 saturated carbocycles. The predicted octanol–water partition coefficient (Wildman–Crippen LogP) is 4.65. The van der Waals surface area contributed by atoms with Gasteiger partial charge in [0.15, 0.2) is 0 Å². The van der Waals surface area contributed by atoms with Crippen LogP contribution in [0, 0.1) is 6.92 Å². The van der Waals surface area contributed by atoms with Crippen molar-refractivity contribution in [1.29, 1.82) is 0 Å². The first-order valence-electron chi connectivity index (χ1n) is 9.19. The molecule has 1 N–H and O–H groups in total. The van der Waals surface area contributed by atoms with E-state index >= 15 is 0 Å². The number of hydrogen-bond donors (Lipinski definition) is 1. The summed E-state index contributed by atoms with van der Waals surface area (Å²) in [7, 11) is -4.01. The Hall–Kier alpha value is -2.87. The van der Waals surface area contributed by atoms with Crippen LogP contribution in [0.1, 0.15) is 11.1 Å². The van der Waals surface area contributed by atoms with Gasteiger partial charge in [-0.15, -0.1) is 0 Å². The third kappa shape index (κ3) is 5.85. The van der Waals surface area contributed by atoms with Crippen molar-refractivity contribution < 1.29 is 13.2 Å². The molecular formula is C22H19Cl2N3O3S. The summed E-state index contributed by atoms with van der Waals surface area (Å²) in [6, 6.07) is 19.6. The zero-order valence-electron chi connectivity index (χ0n) is 16.5. The van der Waals surface area contributed by atoms with Crippen LogP contribution in [-0.4, -0.2) is 27.1 Å². The standard InChI is InChI=1S/C22H19Cl2N3O3S/c1-16-6-12-20(13-7-16)31(29,30)27(19-10-8-18(23)9-11-19)15-22(28)26-25-14-17-4-2-3-5-21(17)24/h2-14H,15H2,1H3,(H,26,28)/b25-14-. The number of carbonyl (C=O) groups excluding carboxylic acids is 1. The molecule has 0 bridgehead atoms. The van der Waals surface area contributed by atoms with E-state index in [1.165, 1.54) is 30.5 Å². The fraction of sp³-hybridized carbons (Fsp3) is 0.0909. The molecule has 0 unspecified atom stereocenters. The van der Waals surface area contributed by atoms with Crippen LogP contribution in [0.15, 0.2) is 82.8 Å². The maximum Gasteiger partial charge on any atom is 0.264 e. The fourth-order valence-corrected chi connectivity index (χ4v) is 4.41. The van der Waals surface area contributed by atoms with E-state index < -0.39 is 22.5 Å². The molecule has 31 heavy (non-hydrogen) atoms. The third-order valence-corrected chi connectivity index (χ3v) is 6.69. The van der Waals surface area contributed by atoms with Crippen molar-refractivity contribution >= 4 is 51.0 Å². The van der Waals surface area contributed by atoms with E-state index in [0.29, 0.717) is 21.3 Å². The molecule has 0 radical (unpaired) electrons. The Morgan fingerprint density at radius 2 is 1.65 bits per heavy atom. The molecule has 0 spiro atoms. The van der Waals surface area contributed by atoms with E-state index in [1.54, 1.807) is 48.5 Å². The summed E-state index contributed by atoms with van der Waals surface area (Å²) in [6.07, 6.45) is 1.39. The van der Waals surface area contributed by atoms with E-state index in [4.69, 9.17) is 23.2 Å². The normalized spacial score (nSPS) is 11.5. The Morgan fingerprint density at radius 1 is 1.00 bits per heavy atom. The Balaban J connectivity index is 1.84. The topological polar surface area (TPSA) is 78.8 Å². The summed E-state index contributed by atoms with van der Waals surface area (Å²) in [5.41, 5.74) is 4.18. The molecule has 3 aromatic rings. The van der Waals surface area contributed by atoms with E-state index in [2.05, 4.69) is 10.5 Å². The van der Waals surface area contributed by atoms with Gasteiger partial charge in [-0.05, 0) is 49.4 Å². The number of nitrogens with one attached hydrogen (secondary N) is 1. The Bertz CT molecular complexity index is 1200. The first-order chi connectivity index (χ1) is 14.8. The lowest BCUT2D eigenvalue weighted by molar-refractivity contribution is -0.119. The second-order valence-corrected chi connectivity index (χ2v) is 9.32. The van der Waals surface area contributed by atoms with E-state index in [1.807, 2.05) is 6.92 Å². The van der Waals surface area contributed by atoms with Crippen LogP contribution in [0.4, 0.5) is 5.69 Å². The van der Waals surface area contributed by atoms with Gasteiger partial charge >= 0.3 is 0 Å². The van der Waals surface area contributed by atoms with Gasteiger partial charge in [-0.2, -0.15) is 5.10 Å². The monoisotopic (exact) mass is 475 g/mol. The molecule has 0 saturated heterocycles. The number of nitrogens with zero attached hydrogens (tertiary/aromatic N) is 2. The molecule has 0 aliphatic heterocycles. The minimum absolute atomic E-state index is 0.0698. The lowest BCUT2D eigenvalue weighted by atomic mass is 10.2. The van der Waals surface area contributed by atoms with Gasteiger partial charge in [-0.1, -0.05) is 59.1 Å². The van der Waals surface area contributed by atoms with Crippen LogP contribution in [0.3, 0.4) is 0 Å². The van der Waals surface area contributed by atoms with Crippen molar-refractivity contribution in [1.82, 2.24) is 5.43 Å². The Labute approximate surface area is 191 Å². The molecule has 0 atom stereocenters. The van der Waals surface area contributed by atoms with Crippen molar-refractivity contribution in [3.8, 4) is 0 Å². The highest BCUT2D eigenvalue weighted by Gasteiger charge is 2.27. The third-order valence-electron chi connectivity index (χ3n) is 4.31. The van der Waals surface area contributed by atoms with E-state index in [-0.39, 0.29) is 4.90 Å². The first-order valence-corrected chi connectivity index (χ1v) is 11.4. The van der Waals surface area contributed by atoms with E-state index in [0.717, 1.165) is 9.87 Å². The second kappa shape index (κ2) is 9.96. The molecule has 0 fully saturated rings. The highest BCUT2D eigenvalue weighted by Crippen LogP contribution is 2.25. The number of hydrazone groups is 1. The summed E-state index contributed by atoms with van der Waals surface area (Å²) >= 11 is 12.0. The molecule has 9 heteroatoms. The van der Waals surface area contributed by atoms with Gasteiger partial charge in [-0.25, -0.2) is 13.8 Å². The molecule has 0 aliphatic carbocycles. The van der Waals surface area contributed by atoms with Gasteiger partial charge in [-0.3, -0.25) is 9.10 Å². The first kappa shape index (κ1) is 22.8. The number of rotatable bonds is 7. The van der Waals surface area contributed by atoms with Crippen molar-refractivity contribution in [2.24, 2.45) is 5.10 Å². The summed E-state index contributed by atoms with van der Waals surface area (Å²) in [5, 5.41) is 4.80. The van der Waals surface area contributed by atoms with E-state index in [9.17, 15) is 13.2 Å². The summed E-state index contributed by atoms with van der Waals surface area (Å²) in [4.78, 5) is 12.6. The predicted molar refractivity (Wildman–Crippen MR) is 124 cm³/mol. The molecule has 1 amide bonds. The van der Waals surface area contributed by atoms with Crippen LogP contribution in [0.5, 0.6) is 0 Å². The quantitative estimate of drug-likeness (QED) is 0.399. The Morgan fingerprint density at radius 3 is 2.29 bits per heavy atom. The number of halogens is 2. The van der Waals surface area contributed by atoms with Gasteiger partial charge < -0.3 is 0 Å². The SMILES string of the molecule is Cc1ccc(S(=O)(=O)N(CC(=O)N/N=C\c2ccccc2Cl)c2ccc(Cl)cc2)cc1. The van der Waals surface area contributed by atoms with Gasteiger partial charge in [0.25, 0.3) is 15.9 Å². The minimum Gasteiger partial charge on any atom is -0.271 e. The molecule has 160 valence electrons. The maximum atomic E-state index is 13.3. The van der Waals surface area contributed by atoms with Crippen molar-refractivity contribution in [3.05, 3.63) is 94.0 Å². The highest BCUT2D eigenvalue weighted by molar-refractivity contribution is 7.92. The number of amides is 1. The second-order valence-electron chi connectivity index (χ2n) is 6.62. The van der Waals surface area contributed by atoms with Crippen LogP contribution in [0.2, 0.25) is 10.0 Å². The zero-order chi connectivity index (χ0) is 22.4. The number of sulfonamides is 1. The molecule has 3 rings (SSSR count). The van der Waals surface area contributed by atoms with Gasteiger partial charge in [0.1, 0.15) is 6.54 Å². The lowest BCUT2D eigenvalue weighted by Crippen LogP contribution is -2.39. The van der Waals surface area contributed by atoms with Crippen LogP contribution in [-0.2, 0) is 14.8 Å². The average molecular weight is 476 g/mol. The maximum absolute atomic E-state index is 13.3. The van der Waals surface area contributed by atoms with Gasteiger partial charge in [0, 0.05) is 15.6 Å². The minimum atomic E-state index is -4.01.